The number of likely N-dealkylation sites (tertiary alicyclic amines) is 1. The summed E-state index contributed by atoms with van der Waals surface area (Å²) in [4.78, 5) is 17.9. The third-order valence-corrected chi connectivity index (χ3v) is 4.73. The van der Waals surface area contributed by atoms with Crippen LogP contribution < -0.4 is 5.32 Å². The molecule has 2 aromatic rings. The second kappa shape index (κ2) is 7.58. The van der Waals surface area contributed by atoms with E-state index in [-0.39, 0.29) is 5.91 Å². The highest BCUT2D eigenvalue weighted by Crippen LogP contribution is 2.27. The van der Waals surface area contributed by atoms with E-state index in [1.54, 1.807) is 6.20 Å². The number of benzene rings is 1. The molecule has 24 heavy (non-hydrogen) atoms. The van der Waals surface area contributed by atoms with Crippen LogP contribution in [0.2, 0.25) is 0 Å². The summed E-state index contributed by atoms with van der Waals surface area (Å²) >= 11 is 0. The first-order valence-electron chi connectivity index (χ1n) is 8.71. The van der Waals surface area contributed by atoms with Crippen molar-refractivity contribution >= 4 is 11.7 Å². The fourth-order valence-electron chi connectivity index (χ4n) is 3.29. The normalized spacial score (nSPS) is 16.6. The van der Waals surface area contributed by atoms with Crippen molar-refractivity contribution in [2.24, 2.45) is 0 Å². The SMILES string of the molecule is CC(=O)Nc1ccc(-c2ccc([C@@H](C)N3CCCCC3)cc2)cn1. The first-order valence-corrected chi connectivity index (χ1v) is 8.71. The van der Waals surface area contributed by atoms with Gasteiger partial charge in [0.05, 0.1) is 0 Å². The summed E-state index contributed by atoms with van der Waals surface area (Å²) in [6.45, 7) is 6.19. The summed E-state index contributed by atoms with van der Waals surface area (Å²) in [5.41, 5.74) is 3.57. The van der Waals surface area contributed by atoms with E-state index in [9.17, 15) is 4.79 Å². The number of nitrogens with zero attached hydrogens (tertiary/aromatic N) is 2. The van der Waals surface area contributed by atoms with E-state index in [1.165, 1.54) is 44.8 Å². The number of pyridine rings is 1. The van der Waals surface area contributed by atoms with E-state index in [0.717, 1.165) is 11.1 Å². The van der Waals surface area contributed by atoms with Crippen LogP contribution in [-0.2, 0) is 4.79 Å². The molecule has 4 heteroatoms. The Balaban J connectivity index is 1.70. The standard InChI is InChI=1S/C20H25N3O/c1-15(23-12-4-3-5-13-23)17-6-8-18(9-7-17)19-10-11-20(21-14-19)22-16(2)24/h6-11,14-15H,3-5,12-13H2,1-2H3,(H,21,22,24)/t15-/m1/s1. The van der Waals surface area contributed by atoms with Crippen LogP contribution in [0.25, 0.3) is 11.1 Å². The van der Waals surface area contributed by atoms with Crippen LogP contribution in [0.4, 0.5) is 5.82 Å². The predicted octanol–water partition coefficient (Wildman–Crippen LogP) is 4.25. The van der Waals surface area contributed by atoms with E-state index in [0.29, 0.717) is 11.9 Å². The second-order valence-corrected chi connectivity index (χ2v) is 6.51. The Bertz CT molecular complexity index is 673. The van der Waals surface area contributed by atoms with Gasteiger partial charge in [0.15, 0.2) is 0 Å². The van der Waals surface area contributed by atoms with Gasteiger partial charge in [-0.15, -0.1) is 0 Å². The molecule has 1 fully saturated rings. The maximum absolute atomic E-state index is 11.0. The second-order valence-electron chi connectivity index (χ2n) is 6.51. The molecule has 1 aliphatic heterocycles. The van der Waals surface area contributed by atoms with E-state index < -0.39 is 0 Å². The van der Waals surface area contributed by atoms with Gasteiger partial charge in [-0.25, -0.2) is 4.98 Å². The minimum absolute atomic E-state index is 0.105. The Hall–Kier alpha value is -2.20. The average molecular weight is 323 g/mol. The first-order chi connectivity index (χ1) is 11.6. The van der Waals surface area contributed by atoms with Crippen molar-refractivity contribution in [3.63, 3.8) is 0 Å². The van der Waals surface area contributed by atoms with Crippen LogP contribution in [0.1, 0.15) is 44.7 Å². The Kier molecular flexibility index (Phi) is 5.26. The number of nitrogens with one attached hydrogen (secondary N) is 1. The van der Waals surface area contributed by atoms with Crippen molar-refractivity contribution in [2.45, 2.75) is 39.2 Å². The van der Waals surface area contributed by atoms with Crippen LogP contribution in [0.3, 0.4) is 0 Å². The number of piperidine rings is 1. The van der Waals surface area contributed by atoms with Gasteiger partial charge >= 0.3 is 0 Å². The van der Waals surface area contributed by atoms with Crippen molar-refractivity contribution in [2.75, 3.05) is 18.4 Å². The van der Waals surface area contributed by atoms with Crippen molar-refractivity contribution < 1.29 is 4.79 Å². The maximum Gasteiger partial charge on any atom is 0.222 e. The lowest BCUT2D eigenvalue weighted by Crippen LogP contribution is -2.32. The fourth-order valence-corrected chi connectivity index (χ4v) is 3.29. The molecule has 0 saturated carbocycles. The van der Waals surface area contributed by atoms with E-state index in [1.807, 2.05) is 12.1 Å². The van der Waals surface area contributed by atoms with Crippen LogP contribution in [-0.4, -0.2) is 28.9 Å². The van der Waals surface area contributed by atoms with E-state index >= 15 is 0 Å². The Labute approximate surface area is 143 Å². The highest BCUT2D eigenvalue weighted by Gasteiger charge is 2.17. The molecule has 0 spiro atoms. The number of hydrogen-bond donors (Lipinski definition) is 1. The van der Waals surface area contributed by atoms with Gasteiger partial charge < -0.3 is 5.32 Å². The van der Waals surface area contributed by atoms with Gasteiger partial charge in [-0.1, -0.05) is 30.7 Å². The molecular weight excluding hydrogens is 298 g/mol. The summed E-state index contributed by atoms with van der Waals surface area (Å²) in [6, 6.07) is 13.0. The molecule has 1 N–H and O–H groups in total. The zero-order valence-corrected chi connectivity index (χ0v) is 14.5. The molecular formula is C20H25N3O. The van der Waals surface area contributed by atoms with Crippen molar-refractivity contribution in [3.8, 4) is 11.1 Å². The van der Waals surface area contributed by atoms with Gasteiger partial charge in [0, 0.05) is 24.7 Å². The molecule has 0 unspecified atom stereocenters. The molecule has 1 aliphatic rings. The quantitative estimate of drug-likeness (QED) is 0.914. The summed E-state index contributed by atoms with van der Waals surface area (Å²) in [5, 5.41) is 2.69. The largest absolute Gasteiger partial charge is 0.311 e. The van der Waals surface area contributed by atoms with E-state index in [4.69, 9.17) is 0 Å². The van der Waals surface area contributed by atoms with E-state index in [2.05, 4.69) is 46.4 Å². The molecule has 1 saturated heterocycles. The van der Waals surface area contributed by atoms with Crippen molar-refractivity contribution in [1.82, 2.24) is 9.88 Å². The van der Waals surface area contributed by atoms with Gasteiger partial charge in [-0.2, -0.15) is 0 Å². The fraction of sp³-hybridized carbons (Fsp3) is 0.400. The molecule has 3 rings (SSSR count). The average Bonchev–Trinajstić information content (AvgIpc) is 2.62. The zero-order valence-electron chi connectivity index (χ0n) is 14.5. The lowest BCUT2D eigenvalue weighted by atomic mass is 10.00. The van der Waals surface area contributed by atoms with Crippen LogP contribution in [0, 0.1) is 0 Å². The van der Waals surface area contributed by atoms with Crippen molar-refractivity contribution in [3.05, 3.63) is 48.2 Å². The molecule has 0 radical (unpaired) electrons. The third-order valence-electron chi connectivity index (χ3n) is 4.73. The summed E-state index contributed by atoms with van der Waals surface area (Å²) in [5.74, 6) is 0.480. The number of carbonyl (C=O) groups is 1. The Morgan fingerprint density at radius 2 is 1.71 bits per heavy atom. The number of amides is 1. The van der Waals surface area contributed by atoms with Crippen LogP contribution >= 0.6 is 0 Å². The molecule has 1 atom stereocenters. The highest BCUT2D eigenvalue weighted by atomic mass is 16.1. The molecule has 4 nitrogen and oxygen atoms in total. The van der Waals surface area contributed by atoms with Crippen LogP contribution in [0.15, 0.2) is 42.6 Å². The molecule has 0 bridgehead atoms. The van der Waals surface area contributed by atoms with Gasteiger partial charge in [0.1, 0.15) is 5.82 Å². The van der Waals surface area contributed by atoms with Gasteiger partial charge in [-0.3, -0.25) is 9.69 Å². The number of aromatic nitrogens is 1. The predicted molar refractivity (Wildman–Crippen MR) is 97.8 cm³/mol. The lowest BCUT2D eigenvalue weighted by Gasteiger charge is -2.32. The van der Waals surface area contributed by atoms with Gasteiger partial charge in [-0.05, 0) is 56.1 Å². The molecule has 1 aromatic carbocycles. The monoisotopic (exact) mass is 323 g/mol. The Morgan fingerprint density at radius 3 is 2.29 bits per heavy atom. The topological polar surface area (TPSA) is 45.2 Å². The number of rotatable bonds is 4. The Morgan fingerprint density at radius 1 is 1.04 bits per heavy atom. The number of anilines is 1. The summed E-state index contributed by atoms with van der Waals surface area (Å²) < 4.78 is 0. The minimum atomic E-state index is -0.105. The first kappa shape index (κ1) is 16.7. The lowest BCUT2D eigenvalue weighted by molar-refractivity contribution is -0.114. The van der Waals surface area contributed by atoms with Crippen LogP contribution in [0.5, 0.6) is 0 Å². The molecule has 1 aromatic heterocycles. The van der Waals surface area contributed by atoms with Gasteiger partial charge in [0.25, 0.3) is 0 Å². The van der Waals surface area contributed by atoms with Gasteiger partial charge in [0.2, 0.25) is 5.91 Å². The highest BCUT2D eigenvalue weighted by molar-refractivity contribution is 5.87. The number of hydrogen-bond acceptors (Lipinski definition) is 3. The summed E-state index contributed by atoms with van der Waals surface area (Å²) in [6.07, 6.45) is 5.79. The maximum atomic E-state index is 11.0. The molecule has 2 heterocycles. The van der Waals surface area contributed by atoms with Crippen molar-refractivity contribution in [1.29, 1.82) is 0 Å². The number of carbonyl (C=O) groups excluding carboxylic acids is 1. The molecule has 126 valence electrons. The third kappa shape index (κ3) is 4.01. The zero-order chi connectivity index (χ0) is 16.9. The molecule has 1 amide bonds. The molecule has 0 aliphatic carbocycles. The smallest absolute Gasteiger partial charge is 0.222 e. The minimum Gasteiger partial charge on any atom is -0.311 e. The summed E-state index contributed by atoms with van der Waals surface area (Å²) in [7, 11) is 0.